The van der Waals surface area contributed by atoms with Crippen molar-refractivity contribution in [3.63, 3.8) is 0 Å². The fourth-order valence-electron chi connectivity index (χ4n) is 2.11. The number of nitrogens with one attached hydrogen (secondary N) is 1. The molecule has 114 valence electrons. The summed E-state index contributed by atoms with van der Waals surface area (Å²) in [6, 6.07) is 5.93. The molecule has 0 aliphatic heterocycles. The summed E-state index contributed by atoms with van der Waals surface area (Å²) in [7, 11) is 0. The highest BCUT2D eigenvalue weighted by Crippen LogP contribution is 2.28. The van der Waals surface area contributed by atoms with Crippen LogP contribution in [0, 0.1) is 6.92 Å². The molecule has 0 fully saturated rings. The minimum atomic E-state index is -0.179. The molecule has 0 saturated carbocycles. The summed E-state index contributed by atoms with van der Waals surface area (Å²) in [5.41, 5.74) is 2.28. The molecule has 0 aliphatic rings. The topological polar surface area (TPSA) is 59.8 Å². The van der Waals surface area contributed by atoms with E-state index < -0.39 is 0 Å². The lowest BCUT2D eigenvalue weighted by atomic mass is 10.3. The number of carbonyl (C=O) groups is 1. The monoisotopic (exact) mass is 332 g/mol. The molecule has 3 aromatic rings. The fraction of sp³-hybridized carbons (Fsp3) is 0.267. The first-order valence-electron chi connectivity index (χ1n) is 6.91. The third-order valence-electron chi connectivity index (χ3n) is 3.08. The van der Waals surface area contributed by atoms with Gasteiger partial charge in [0, 0.05) is 11.4 Å². The Hall–Kier alpha value is -1.99. The van der Waals surface area contributed by atoms with Crippen molar-refractivity contribution in [2.24, 2.45) is 0 Å². The SMILES string of the molecule is Cc1cc(C(=O)Nc2nc(-c3cccs3)cs2)n(C(C)C)n1. The van der Waals surface area contributed by atoms with Crippen molar-refractivity contribution in [3.05, 3.63) is 40.3 Å². The van der Waals surface area contributed by atoms with Crippen LogP contribution in [0.2, 0.25) is 0 Å². The summed E-state index contributed by atoms with van der Waals surface area (Å²) in [5.74, 6) is -0.179. The Bertz CT molecular complexity index is 786. The van der Waals surface area contributed by atoms with Gasteiger partial charge in [0.1, 0.15) is 5.69 Å². The molecule has 1 amide bonds. The van der Waals surface area contributed by atoms with Gasteiger partial charge in [-0.2, -0.15) is 5.10 Å². The number of thiazole rings is 1. The molecule has 0 atom stereocenters. The highest BCUT2D eigenvalue weighted by Gasteiger charge is 2.17. The van der Waals surface area contributed by atoms with Gasteiger partial charge in [-0.15, -0.1) is 22.7 Å². The van der Waals surface area contributed by atoms with Gasteiger partial charge in [-0.05, 0) is 38.3 Å². The normalized spacial score (nSPS) is 11.1. The predicted molar refractivity (Wildman–Crippen MR) is 90.7 cm³/mol. The summed E-state index contributed by atoms with van der Waals surface area (Å²) in [4.78, 5) is 18.0. The second kappa shape index (κ2) is 6.02. The number of thiophene rings is 1. The number of hydrogen-bond donors (Lipinski definition) is 1. The van der Waals surface area contributed by atoms with E-state index in [0.717, 1.165) is 16.3 Å². The molecule has 0 aliphatic carbocycles. The van der Waals surface area contributed by atoms with Crippen LogP contribution in [0.1, 0.15) is 36.1 Å². The lowest BCUT2D eigenvalue weighted by molar-refractivity contribution is 0.101. The van der Waals surface area contributed by atoms with Crippen LogP contribution in [0.15, 0.2) is 29.0 Å². The number of nitrogens with zero attached hydrogens (tertiary/aromatic N) is 3. The van der Waals surface area contributed by atoms with Crippen molar-refractivity contribution in [2.45, 2.75) is 26.8 Å². The van der Waals surface area contributed by atoms with Gasteiger partial charge in [0.05, 0.1) is 16.3 Å². The summed E-state index contributed by atoms with van der Waals surface area (Å²) in [5, 5.41) is 11.8. The van der Waals surface area contributed by atoms with Crippen LogP contribution in [0.25, 0.3) is 10.6 Å². The van der Waals surface area contributed by atoms with Gasteiger partial charge in [-0.3, -0.25) is 14.8 Å². The molecule has 22 heavy (non-hydrogen) atoms. The molecule has 0 spiro atoms. The van der Waals surface area contributed by atoms with Crippen molar-refractivity contribution in [3.8, 4) is 10.6 Å². The Kier molecular flexibility index (Phi) is 4.08. The van der Waals surface area contributed by atoms with Crippen molar-refractivity contribution >= 4 is 33.7 Å². The van der Waals surface area contributed by atoms with Gasteiger partial charge in [0.2, 0.25) is 0 Å². The summed E-state index contributed by atoms with van der Waals surface area (Å²) in [6.45, 7) is 5.89. The Morgan fingerprint density at radius 1 is 1.36 bits per heavy atom. The van der Waals surface area contributed by atoms with Crippen LogP contribution in [-0.2, 0) is 0 Å². The number of hydrogen-bond acceptors (Lipinski definition) is 5. The van der Waals surface area contributed by atoms with E-state index in [0.29, 0.717) is 10.8 Å². The third-order valence-corrected chi connectivity index (χ3v) is 4.73. The second-order valence-corrected chi connectivity index (χ2v) is 6.98. The van der Waals surface area contributed by atoms with Crippen LogP contribution in [0.3, 0.4) is 0 Å². The standard InChI is InChI=1S/C15H16N4OS2/c1-9(2)19-12(7-10(3)18-19)14(20)17-15-16-11(8-22-15)13-5-4-6-21-13/h4-9H,1-3H3,(H,16,17,20). The predicted octanol–water partition coefficient (Wildman–Crippen LogP) is 4.21. The summed E-state index contributed by atoms with van der Waals surface area (Å²) in [6.07, 6.45) is 0. The maximum atomic E-state index is 12.4. The van der Waals surface area contributed by atoms with Crippen LogP contribution >= 0.6 is 22.7 Å². The highest BCUT2D eigenvalue weighted by molar-refractivity contribution is 7.16. The van der Waals surface area contributed by atoms with E-state index >= 15 is 0 Å². The average molecular weight is 332 g/mol. The van der Waals surface area contributed by atoms with E-state index in [9.17, 15) is 4.79 Å². The molecular weight excluding hydrogens is 316 g/mol. The van der Waals surface area contributed by atoms with E-state index in [2.05, 4.69) is 15.4 Å². The lowest BCUT2D eigenvalue weighted by Crippen LogP contribution is -2.18. The maximum Gasteiger partial charge on any atom is 0.275 e. The van der Waals surface area contributed by atoms with Gasteiger partial charge in [-0.25, -0.2) is 4.98 Å². The zero-order valence-corrected chi connectivity index (χ0v) is 14.2. The van der Waals surface area contributed by atoms with Crippen LogP contribution in [0.5, 0.6) is 0 Å². The molecule has 5 nitrogen and oxygen atoms in total. The highest BCUT2D eigenvalue weighted by atomic mass is 32.1. The van der Waals surface area contributed by atoms with E-state index in [1.165, 1.54) is 11.3 Å². The molecule has 1 N–H and O–H groups in total. The largest absolute Gasteiger partial charge is 0.296 e. The number of carbonyl (C=O) groups excluding carboxylic acids is 1. The fourth-order valence-corrected chi connectivity index (χ4v) is 3.58. The molecule has 0 unspecified atom stereocenters. The first kappa shape index (κ1) is 14.9. The quantitative estimate of drug-likeness (QED) is 0.778. The number of aromatic nitrogens is 3. The van der Waals surface area contributed by atoms with E-state index in [1.54, 1.807) is 22.1 Å². The number of amides is 1. The Morgan fingerprint density at radius 3 is 2.86 bits per heavy atom. The Balaban J connectivity index is 1.80. The van der Waals surface area contributed by atoms with Gasteiger partial charge >= 0.3 is 0 Å². The van der Waals surface area contributed by atoms with Crippen molar-refractivity contribution in [2.75, 3.05) is 5.32 Å². The van der Waals surface area contributed by atoms with E-state index in [-0.39, 0.29) is 11.9 Å². The van der Waals surface area contributed by atoms with Gasteiger partial charge in [0.15, 0.2) is 5.13 Å². The average Bonchev–Trinajstić information content (AvgIpc) is 3.16. The molecule has 0 bridgehead atoms. The lowest BCUT2D eigenvalue weighted by Gasteiger charge is -2.09. The number of anilines is 1. The van der Waals surface area contributed by atoms with Crippen LogP contribution in [-0.4, -0.2) is 20.7 Å². The molecule has 3 rings (SSSR count). The second-order valence-electron chi connectivity index (χ2n) is 5.18. The number of aryl methyl sites for hydroxylation is 1. The first-order chi connectivity index (χ1) is 10.5. The minimum absolute atomic E-state index is 0.132. The maximum absolute atomic E-state index is 12.4. The Labute approximate surface area is 136 Å². The van der Waals surface area contributed by atoms with Gasteiger partial charge < -0.3 is 0 Å². The molecule has 0 saturated heterocycles. The molecule has 0 aromatic carbocycles. The van der Waals surface area contributed by atoms with Crippen LogP contribution in [0.4, 0.5) is 5.13 Å². The molecule has 3 aromatic heterocycles. The first-order valence-corrected chi connectivity index (χ1v) is 8.67. The summed E-state index contributed by atoms with van der Waals surface area (Å²) < 4.78 is 1.73. The number of rotatable bonds is 4. The molecule has 0 radical (unpaired) electrons. The van der Waals surface area contributed by atoms with E-state index in [1.807, 2.05) is 43.7 Å². The molecular formula is C15H16N4OS2. The molecule has 7 heteroatoms. The zero-order chi connectivity index (χ0) is 15.7. The minimum Gasteiger partial charge on any atom is -0.296 e. The zero-order valence-electron chi connectivity index (χ0n) is 12.5. The van der Waals surface area contributed by atoms with Gasteiger partial charge in [0.25, 0.3) is 5.91 Å². The van der Waals surface area contributed by atoms with E-state index in [4.69, 9.17) is 0 Å². The molecule has 3 heterocycles. The summed E-state index contributed by atoms with van der Waals surface area (Å²) >= 11 is 3.06. The Morgan fingerprint density at radius 2 is 2.18 bits per heavy atom. The third kappa shape index (κ3) is 2.95. The van der Waals surface area contributed by atoms with Crippen LogP contribution < -0.4 is 5.32 Å². The van der Waals surface area contributed by atoms with Crippen molar-refractivity contribution in [1.82, 2.24) is 14.8 Å². The smallest absolute Gasteiger partial charge is 0.275 e. The van der Waals surface area contributed by atoms with Crippen molar-refractivity contribution in [1.29, 1.82) is 0 Å². The van der Waals surface area contributed by atoms with Crippen molar-refractivity contribution < 1.29 is 4.79 Å². The van der Waals surface area contributed by atoms with Gasteiger partial charge in [-0.1, -0.05) is 6.07 Å².